The van der Waals surface area contributed by atoms with Crippen molar-refractivity contribution >= 4 is 29.1 Å². The first kappa shape index (κ1) is 27.2. The van der Waals surface area contributed by atoms with Gasteiger partial charge in [-0.2, -0.15) is 10.1 Å². The normalized spacial score (nSPS) is 14.1. The summed E-state index contributed by atoms with van der Waals surface area (Å²) in [5.41, 5.74) is 0.164. The number of carbonyl (C=O) groups excluding carboxylic acids is 1. The largest absolute Gasteiger partial charge is 0.489 e. The molecule has 7 nitrogen and oxygen atoms in total. The van der Waals surface area contributed by atoms with Crippen LogP contribution in [0.1, 0.15) is 23.6 Å². The van der Waals surface area contributed by atoms with Crippen LogP contribution in [-0.4, -0.2) is 16.5 Å². The van der Waals surface area contributed by atoms with E-state index in [-0.39, 0.29) is 28.6 Å². The molecular weight excluding hydrogens is 525 g/mol. The lowest BCUT2D eigenvalue weighted by Crippen LogP contribution is -2.25. The van der Waals surface area contributed by atoms with E-state index in [2.05, 4.69) is 11.7 Å². The number of anilines is 1. The highest BCUT2D eigenvalue weighted by Gasteiger charge is 2.37. The summed E-state index contributed by atoms with van der Waals surface area (Å²) in [5.74, 6) is -11.7. The van der Waals surface area contributed by atoms with E-state index in [0.29, 0.717) is 28.9 Å². The summed E-state index contributed by atoms with van der Waals surface area (Å²) in [5, 5.41) is 14.7. The van der Waals surface area contributed by atoms with Gasteiger partial charge in [0.1, 0.15) is 18.0 Å². The Morgan fingerprint density at radius 1 is 1.00 bits per heavy atom. The third-order valence-corrected chi connectivity index (χ3v) is 5.76. The van der Waals surface area contributed by atoms with E-state index in [1.807, 2.05) is 0 Å². The minimum Gasteiger partial charge on any atom is -0.489 e. The zero-order valence-electron chi connectivity index (χ0n) is 20.2. The number of halogens is 5. The number of benzene rings is 3. The second-order valence-corrected chi connectivity index (χ2v) is 8.35. The quantitative estimate of drug-likeness (QED) is 0.0626. The first-order valence-electron chi connectivity index (χ1n) is 11.3. The molecule has 1 aliphatic heterocycles. The summed E-state index contributed by atoms with van der Waals surface area (Å²) in [6.07, 6.45) is 3.34. The maximum Gasteiger partial charge on any atom is 0.280 e. The lowest BCUT2D eigenvalue weighted by molar-refractivity contribution is -0.384. The molecule has 0 unspecified atom stereocenters. The topological polar surface area (TPSA) is 85.0 Å². The van der Waals surface area contributed by atoms with Crippen molar-refractivity contribution in [3.05, 3.63) is 117 Å². The highest BCUT2D eigenvalue weighted by Crippen LogP contribution is 2.34. The van der Waals surface area contributed by atoms with Crippen LogP contribution in [0.25, 0.3) is 6.08 Å². The highest BCUT2D eigenvalue weighted by atomic mass is 19.2. The molecule has 0 aromatic heterocycles. The summed E-state index contributed by atoms with van der Waals surface area (Å²) < 4.78 is 75.2. The summed E-state index contributed by atoms with van der Waals surface area (Å²) in [6, 6.07) is 10.7. The van der Waals surface area contributed by atoms with Crippen molar-refractivity contribution in [1.82, 2.24) is 0 Å². The maximum atomic E-state index is 14.3. The number of nitro benzene ring substituents is 1. The van der Waals surface area contributed by atoms with Gasteiger partial charge < -0.3 is 4.74 Å². The van der Waals surface area contributed by atoms with Gasteiger partial charge in [0.15, 0.2) is 23.3 Å². The number of ether oxygens (including phenoxy) is 1. The van der Waals surface area contributed by atoms with Gasteiger partial charge in [0.25, 0.3) is 11.6 Å². The molecule has 0 saturated heterocycles. The molecular formula is C27H18F5N3O4. The molecule has 0 radical (unpaired) electrons. The van der Waals surface area contributed by atoms with E-state index >= 15 is 0 Å². The summed E-state index contributed by atoms with van der Waals surface area (Å²) in [6.45, 7) is 5.17. The van der Waals surface area contributed by atoms with Gasteiger partial charge in [-0.1, -0.05) is 12.1 Å². The molecule has 1 aliphatic rings. The number of hydrazone groups is 1. The van der Waals surface area contributed by atoms with E-state index in [0.717, 1.165) is 0 Å². The number of carbonyl (C=O) groups is 1. The zero-order valence-corrected chi connectivity index (χ0v) is 20.2. The van der Waals surface area contributed by atoms with Crippen molar-refractivity contribution in [2.24, 2.45) is 5.10 Å². The Kier molecular flexibility index (Phi) is 7.56. The molecule has 12 heteroatoms. The molecule has 0 fully saturated rings. The molecule has 1 amide bonds. The molecule has 0 spiro atoms. The summed E-state index contributed by atoms with van der Waals surface area (Å²) in [4.78, 5) is 23.2. The molecule has 4 rings (SSSR count). The van der Waals surface area contributed by atoms with Crippen LogP contribution in [0.5, 0.6) is 5.75 Å². The molecule has 3 aromatic carbocycles. The zero-order chi connectivity index (χ0) is 28.4. The van der Waals surface area contributed by atoms with Gasteiger partial charge in [0.05, 0.1) is 16.2 Å². The van der Waals surface area contributed by atoms with Gasteiger partial charge in [0.2, 0.25) is 5.82 Å². The lowest BCUT2D eigenvalue weighted by atomic mass is 10.0. The summed E-state index contributed by atoms with van der Waals surface area (Å²) in [7, 11) is 0. The van der Waals surface area contributed by atoms with Crippen molar-refractivity contribution in [3.63, 3.8) is 0 Å². The fourth-order valence-corrected chi connectivity index (χ4v) is 3.80. The molecule has 0 bridgehead atoms. The van der Waals surface area contributed by atoms with Gasteiger partial charge in [-0.15, -0.1) is 6.58 Å². The number of nitro groups is 1. The maximum absolute atomic E-state index is 14.3. The second-order valence-electron chi connectivity index (χ2n) is 8.35. The Balaban J connectivity index is 1.60. The number of non-ortho nitro benzene ring substituents is 1. The molecule has 200 valence electrons. The molecule has 39 heavy (non-hydrogen) atoms. The Morgan fingerprint density at radius 3 is 2.21 bits per heavy atom. The van der Waals surface area contributed by atoms with Crippen LogP contribution in [0.2, 0.25) is 0 Å². The van der Waals surface area contributed by atoms with Crippen molar-refractivity contribution in [2.75, 3.05) is 5.01 Å². The third-order valence-electron chi connectivity index (χ3n) is 5.76. The number of hydrogen-bond donors (Lipinski definition) is 0. The lowest BCUT2D eigenvalue weighted by Gasteiger charge is -2.15. The first-order valence-corrected chi connectivity index (χ1v) is 11.3. The van der Waals surface area contributed by atoms with Gasteiger partial charge in [-0.25, -0.2) is 22.0 Å². The second kappa shape index (κ2) is 10.9. The Hall–Kier alpha value is -4.87. The molecule has 0 aliphatic carbocycles. The average molecular weight is 543 g/mol. The van der Waals surface area contributed by atoms with Crippen LogP contribution < -0.4 is 9.75 Å². The SMILES string of the molecule is C=CCc1cc(/C=C2/C(=O)N(c3c(F)c(F)c(F)c(F)c3F)N=C2C)ccc1OCc1ccc([N+](=O)[O-])cc1. The van der Waals surface area contributed by atoms with E-state index in [9.17, 15) is 36.9 Å². The van der Waals surface area contributed by atoms with Crippen LogP contribution in [0.15, 0.2) is 65.8 Å². The van der Waals surface area contributed by atoms with Crippen LogP contribution in [0.4, 0.5) is 33.3 Å². The smallest absolute Gasteiger partial charge is 0.280 e. The predicted molar refractivity (Wildman–Crippen MR) is 133 cm³/mol. The molecule has 0 N–H and O–H groups in total. The summed E-state index contributed by atoms with van der Waals surface area (Å²) >= 11 is 0. The minimum absolute atomic E-state index is 0.00675. The third kappa shape index (κ3) is 5.26. The molecule has 0 atom stereocenters. The van der Waals surface area contributed by atoms with Gasteiger partial charge in [-0.3, -0.25) is 14.9 Å². The highest BCUT2D eigenvalue weighted by molar-refractivity contribution is 6.32. The number of allylic oxidation sites excluding steroid dienone is 1. The fraction of sp³-hybridized carbons (Fsp3) is 0.111. The number of amides is 1. The van der Waals surface area contributed by atoms with Crippen LogP contribution in [0, 0.1) is 39.2 Å². The fourth-order valence-electron chi connectivity index (χ4n) is 3.80. The van der Waals surface area contributed by atoms with Crippen LogP contribution in [-0.2, 0) is 17.8 Å². The van der Waals surface area contributed by atoms with E-state index in [1.165, 1.54) is 25.1 Å². The van der Waals surface area contributed by atoms with Gasteiger partial charge >= 0.3 is 0 Å². The van der Waals surface area contributed by atoms with E-state index in [4.69, 9.17) is 4.74 Å². The van der Waals surface area contributed by atoms with Crippen molar-refractivity contribution in [3.8, 4) is 5.75 Å². The molecule has 3 aromatic rings. The van der Waals surface area contributed by atoms with Crippen molar-refractivity contribution in [1.29, 1.82) is 0 Å². The van der Waals surface area contributed by atoms with Gasteiger partial charge in [0, 0.05) is 12.1 Å². The van der Waals surface area contributed by atoms with E-state index < -0.39 is 45.6 Å². The predicted octanol–water partition coefficient (Wildman–Crippen LogP) is 6.40. The van der Waals surface area contributed by atoms with Crippen molar-refractivity contribution in [2.45, 2.75) is 20.0 Å². The Bertz CT molecular complexity index is 1540. The number of hydrogen-bond acceptors (Lipinski definition) is 5. The van der Waals surface area contributed by atoms with E-state index in [1.54, 1.807) is 36.4 Å². The average Bonchev–Trinajstić information content (AvgIpc) is 3.19. The molecule has 0 saturated carbocycles. The number of nitrogens with zero attached hydrogens (tertiary/aromatic N) is 3. The molecule has 1 heterocycles. The first-order chi connectivity index (χ1) is 18.5. The number of rotatable bonds is 8. The van der Waals surface area contributed by atoms with Crippen LogP contribution in [0.3, 0.4) is 0 Å². The monoisotopic (exact) mass is 543 g/mol. The minimum atomic E-state index is -2.34. The van der Waals surface area contributed by atoms with Crippen molar-refractivity contribution < 1.29 is 36.4 Å². The van der Waals surface area contributed by atoms with Gasteiger partial charge in [-0.05, 0) is 60.4 Å². The van der Waals surface area contributed by atoms with Crippen LogP contribution >= 0.6 is 0 Å². The Labute approximate surface area is 218 Å². The standard InChI is InChI=1S/C27H18F5N3O4/c1-3-4-17-11-16(7-10-20(17)39-13-15-5-8-18(9-6-15)35(37)38)12-19-14(2)33-34(27(19)36)26-24(31)22(29)21(28)23(30)25(26)32/h3,5-12H,1,4,13H2,2H3/b19-12+. The Morgan fingerprint density at radius 2 is 1.62 bits per heavy atom.